The molecule has 0 saturated carbocycles. The van der Waals surface area contributed by atoms with Crippen LogP contribution in [0.4, 0.5) is 13.2 Å². The lowest BCUT2D eigenvalue weighted by atomic mass is 10.2. The number of benzene rings is 1. The zero-order valence-corrected chi connectivity index (χ0v) is 12.7. The third kappa shape index (κ3) is 3.33. The van der Waals surface area contributed by atoms with E-state index in [2.05, 4.69) is 5.32 Å². The molecule has 1 aliphatic rings. The summed E-state index contributed by atoms with van der Waals surface area (Å²) in [5.41, 5.74) is -1.15. The van der Waals surface area contributed by atoms with Crippen LogP contribution in [0, 0.1) is 0 Å². The summed E-state index contributed by atoms with van der Waals surface area (Å²) in [5.74, 6) is 0. The Morgan fingerprint density at radius 2 is 2.05 bits per heavy atom. The maximum atomic E-state index is 12.8. The van der Waals surface area contributed by atoms with E-state index in [0.29, 0.717) is 25.6 Å². The Labute approximate surface area is 125 Å². The fraction of sp³-hybridized carbons (Fsp3) is 0.500. The van der Waals surface area contributed by atoms with Gasteiger partial charge in [-0.3, -0.25) is 0 Å². The molecular formula is C12H14ClF3N2O2S. The molecule has 1 atom stereocenters. The van der Waals surface area contributed by atoms with Crippen LogP contribution in [0.5, 0.6) is 0 Å². The molecule has 1 heterocycles. The molecule has 1 aliphatic heterocycles. The maximum absolute atomic E-state index is 12.8. The van der Waals surface area contributed by atoms with Gasteiger partial charge in [0, 0.05) is 19.6 Å². The lowest BCUT2D eigenvalue weighted by Crippen LogP contribution is -2.38. The van der Waals surface area contributed by atoms with E-state index in [4.69, 9.17) is 11.6 Å². The number of nitrogens with one attached hydrogen (secondary N) is 1. The van der Waals surface area contributed by atoms with Gasteiger partial charge in [-0.05, 0) is 31.2 Å². The average molecular weight is 343 g/mol. The van der Waals surface area contributed by atoms with Gasteiger partial charge < -0.3 is 5.32 Å². The van der Waals surface area contributed by atoms with E-state index in [-0.39, 0.29) is 6.04 Å². The van der Waals surface area contributed by atoms with Crippen molar-refractivity contribution >= 4 is 21.6 Å². The van der Waals surface area contributed by atoms with Crippen LogP contribution in [0.1, 0.15) is 12.0 Å². The number of rotatable bonds is 3. The van der Waals surface area contributed by atoms with Crippen molar-refractivity contribution in [2.24, 2.45) is 0 Å². The first kappa shape index (κ1) is 16.5. The lowest BCUT2D eigenvalue weighted by Gasteiger charge is -2.23. The summed E-state index contributed by atoms with van der Waals surface area (Å²) in [7, 11) is -2.62. The highest BCUT2D eigenvalue weighted by molar-refractivity contribution is 7.89. The van der Waals surface area contributed by atoms with Gasteiger partial charge in [0.2, 0.25) is 10.0 Å². The summed E-state index contributed by atoms with van der Waals surface area (Å²) in [4.78, 5) is -0.409. The standard InChI is InChI=1S/C12H14ClF3N2O2S/c1-18(8-4-5-17-7-8)21(19,20)9-2-3-11(13)10(6-9)12(14,15)16/h2-3,6,8,17H,4-5,7H2,1H3/t8-/m0/s1. The summed E-state index contributed by atoms with van der Waals surface area (Å²) in [5, 5.41) is 2.49. The maximum Gasteiger partial charge on any atom is 0.417 e. The van der Waals surface area contributed by atoms with Gasteiger partial charge in [-0.2, -0.15) is 17.5 Å². The Balaban J connectivity index is 2.41. The largest absolute Gasteiger partial charge is 0.417 e. The first-order chi connectivity index (χ1) is 9.64. The smallest absolute Gasteiger partial charge is 0.315 e. The first-order valence-electron chi connectivity index (χ1n) is 6.19. The minimum absolute atomic E-state index is 0.264. The summed E-state index contributed by atoms with van der Waals surface area (Å²) < 4.78 is 64.4. The van der Waals surface area contributed by atoms with Crippen molar-refractivity contribution < 1.29 is 21.6 Å². The highest BCUT2D eigenvalue weighted by Crippen LogP contribution is 2.36. The van der Waals surface area contributed by atoms with Gasteiger partial charge in [0.1, 0.15) is 0 Å². The van der Waals surface area contributed by atoms with Crippen molar-refractivity contribution in [3.63, 3.8) is 0 Å². The minimum Gasteiger partial charge on any atom is -0.315 e. The Morgan fingerprint density at radius 3 is 2.57 bits per heavy atom. The summed E-state index contributed by atoms with van der Waals surface area (Å²) >= 11 is 5.50. The number of likely N-dealkylation sites (N-methyl/N-ethyl adjacent to an activating group) is 1. The Hall–Kier alpha value is -0.830. The fourth-order valence-corrected chi connectivity index (χ4v) is 3.83. The highest BCUT2D eigenvalue weighted by atomic mass is 35.5. The molecule has 118 valence electrons. The Bertz CT molecular complexity index is 628. The quantitative estimate of drug-likeness (QED) is 0.917. The summed E-state index contributed by atoms with van der Waals surface area (Å²) in [6.07, 6.45) is -4.08. The van der Waals surface area contributed by atoms with E-state index >= 15 is 0 Å². The SMILES string of the molecule is CN([C@H]1CCNC1)S(=O)(=O)c1ccc(Cl)c(C(F)(F)F)c1. The average Bonchev–Trinajstić information content (AvgIpc) is 2.90. The molecule has 1 fully saturated rings. The van der Waals surface area contributed by atoms with E-state index in [9.17, 15) is 21.6 Å². The normalized spacial score (nSPS) is 20.2. The molecule has 0 amide bonds. The zero-order valence-electron chi connectivity index (χ0n) is 11.1. The molecule has 0 spiro atoms. The number of hydrogen-bond acceptors (Lipinski definition) is 3. The van der Waals surface area contributed by atoms with Crippen molar-refractivity contribution in [3.8, 4) is 0 Å². The van der Waals surface area contributed by atoms with Crippen molar-refractivity contribution in [2.75, 3.05) is 20.1 Å². The molecule has 1 aromatic carbocycles. The molecule has 0 radical (unpaired) electrons. The summed E-state index contributed by atoms with van der Waals surface area (Å²) in [6.45, 7) is 1.16. The zero-order chi connectivity index (χ0) is 15.8. The van der Waals surface area contributed by atoms with Crippen LogP contribution in [0.25, 0.3) is 0 Å². The predicted octanol–water partition coefficient (Wildman–Crippen LogP) is 2.34. The van der Waals surface area contributed by atoms with Crippen LogP contribution < -0.4 is 5.32 Å². The second-order valence-electron chi connectivity index (χ2n) is 4.81. The van der Waals surface area contributed by atoms with Crippen molar-refractivity contribution in [2.45, 2.75) is 23.5 Å². The van der Waals surface area contributed by atoms with Gasteiger partial charge in [-0.15, -0.1) is 0 Å². The van der Waals surface area contributed by atoms with Crippen molar-refractivity contribution in [1.82, 2.24) is 9.62 Å². The van der Waals surface area contributed by atoms with E-state index in [0.717, 1.165) is 16.4 Å². The number of hydrogen-bond donors (Lipinski definition) is 1. The molecule has 0 bridgehead atoms. The molecule has 9 heteroatoms. The van der Waals surface area contributed by atoms with Gasteiger partial charge in [0.25, 0.3) is 0 Å². The van der Waals surface area contributed by atoms with Gasteiger partial charge in [-0.1, -0.05) is 11.6 Å². The van der Waals surface area contributed by atoms with Gasteiger partial charge >= 0.3 is 6.18 Å². The Morgan fingerprint density at radius 1 is 1.38 bits per heavy atom. The van der Waals surface area contributed by atoms with Gasteiger partial charge in [0.05, 0.1) is 15.5 Å². The van der Waals surface area contributed by atoms with Crippen molar-refractivity contribution in [3.05, 3.63) is 28.8 Å². The molecular weight excluding hydrogens is 329 g/mol. The van der Waals surface area contributed by atoms with Gasteiger partial charge in [-0.25, -0.2) is 8.42 Å². The monoisotopic (exact) mass is 342 g/mol. The number of halogens is 4. The molecule has 2 rings (SSSR count). The molecule has 21 heavy (non-hydrogen) atoms. The molecule has 0 aliphatic carbocycles. The van der Waals surface area contributed by atoms with Crippen LogP contribution in [0.2, 0.25) is 5.02 Å². The summed E-state index contributed by atoms with van der Waals surface area (Å²) in [6, 6.07) is 2.36. The number of alkyl halides is 3. The topological polar surface area (TPSA) is 49.4 Å². The minimum atomic E-state index is -4.70. The molecule has 1 aromatic rings. The number of nitrogens with zero attached hydrogens (tertiary/aromatic N) is 1. The van der Waals surface area contributed by atoms with Crippen LogP contribution in [0.15, 0.2) is 23.1 Å². The Kier molecular flexibility index (Phi) is 4.53. The fourth-order valence-electron chi connectivity index (χ4n) is 2.19. The van der Waals surface area contributed by atoms with Crippen molar-refractivity contribution in [1.29, 1.82) is 0 Å². The van der Waals surface area contributed by atoms with Crippen LogP contribution in [0.3, 0.4) is 0 Å². The van der Waals surface area contributed by atoms with E-state index < -0.39 is 31.7 Å². The first-order valence-corrected chi connectivity index (χ1v) is 8.01. The second kappa shape index (κ2) is 5.75. The van der Waals surface area contributed by atoms with Crippen LogP contribution in [-0.2, 0) is 16.2 Å². The van der Waals surface area contributed by atoms with E-state index in [1.165, 1.54) is 7.05 Å². The third-order valence-electron chi connectivity index (χ3n) is 3.47. The van der Waals surface area contributed by atoms with E-state index in [1.807, 2.05) is 0 Å². The van der Waals surface area contributed by atoms with Crippen LogP contribution >= 0.6 is 11.6 Å². The van der Waals surface area contributed by atoms with Crippen LogP contribution in [-0.4, -0.2) is 38.9 Å². The number of sulfonamides is 1. The van der Waals surface area contributed by atoms with E-state index in [1.54, 1.807) is 0 Å². The second-order valence-corrected chi connectivity index (χ2v) is 7.21. The molecule has 0 unspecified atom stereocenters. The molecule has 4 nitrogen and oxygen atoms in total. The third-order valence-corrected chi connectivity index (χ3v) is 5.70. The molecule has 1 saturated heterocycles. The molecule has 0 aromatic heterocycles. The van der Waals surface area contributed by atoms with Gasteiger partial charge in [0.15, 0.2) is 0 Å². The molecule has 1 N–H and O–H groups in total. The lowest BCUT2D eigenvalue weighted by molar-refractivity contribution is -0.137. The predicted molar refractivity (Wildman–Crippen MR) is 72.7 cm³/mol. The highest BCUT2D eigenvalue weighted by Gasteiger charge is 2.36.